The third-order valence-corrected chi connectivity index (χ3v) is 3.23. The molecule has 0 aliphatic carbocycles. The Bertz CT molecular complexity index is 827. The molecule has 0 aliphatic heterocycles. The number of hydrogen-bond donors (Lipinski definition) is 2. The van der Waals surface area contributed by atoms with Gasteiger partial charge in [0.15, 0.2) is 0 Å². The molecule has 7 heteroatoms. The monoisotopic (exact) mass is 326 g/mol. The number of amides is 2. The lowest BCUT2D eigenvalue weighted by molar-refractivity contribution is -0.111. The minimum absolute atomic E-state index is 0.161. The van der Waals surface area contributed by atoms with E-state index in [1.165, 1.54) is 17.0 Å². The summed E-state index contributed by atoms with van der Waals surface area (Å²) in [4.78, 5) is 39.2. The Balaban J connectivity index is 1.95. The molecule has 0 fully saturated rings. The van der Waals surface area contributed by atoms with Crippen LogP contribution in [0.3, 0.4) is 0 Å². The molecule has 0 saturated heterocycles. The highest BCUT2D eigenvalue weighted by molar-refractivity contribution is 6.00. The summed E-state index contributed by atoms with van der Waals surface area (Å²) in [5.41, 5.74) is 1.40. The quantitative estimate of drug-likeness (QED) is 0.778. The lowest BCUT2D eigenvalue weighted by Crippen LogP contribution is -2.30. The number of nitrogens with one attached hydrogen (secondary N) is 2. The van der Waals surface area contributed by atoms with Crippen molar-refractivity contribution in [3.63, 3.8) is 0 Å². The fourth-order valence-electron chi connectivity index (χ4n) is 2.01. The van der Waals surface area contributed by atoms with Crippen molar-refractivity contribution in [2.45, 2.75) is 13.5 Å². The molecule has 1 aromatic carbocycles. The SMILES string of the molecule is C=CC(=O)Nc1cccc(C(=O)NCCn2cnc(C)cc2=O)c1. The Morgan fingerprint density at radius 2 is 2.12 bits per heavy atom. The summed E-state index contributed by atoms with van der Waals surface area (Å²) in [5, 5.41) is 5.32. The third-order valence-electron chi connectivity index (χ3n) is 3.23. The molecule has 24 heavy (non-hydrogen) atoms. The summed E-state index contributed by atoms with van der Waals surface area (Å²) < 4.78 is 1.42. The molecular weight excluding hydrogens is 308 g/mol. The van der Waals surface area contributed by atoms with Crippen LogP contribution in [0.15, 0.2) is 54.1 Å². The van der Waals surface area contributed by atoms with Gasteiger partial charge in [-0.15, -0.1) is 0 Å². The van der Waals surface area contributed by atoms with Crippen LogP contribution >= 0.6 is 0 Å². The van der Waals surface area contributed by atoms with Gasteiger partial charge < -0.3 is 10.6 Å². The van der Waals surface area contributed by atoms with Crippen molar-refractivity contribution in [1.82, 2.24) is 14.9 Å². The van der Waals surface area contributed by atoms with Crippen LogP contribution in [0.1, 0.15) is 16.1 Å². The number of aryl methyl sites for hydroxylation is 1. The molecule has 0 spiro atoms. The Labute approximate surface area is 139 Å². The van der Waals surface area contributed by atoms with Crippen molar-refractivity contribution < 1.29 is 9.59 Å². The van der Waals surface area contributed by atoms with Crippen LogP contribution < -0.4 is 16.2 Å². The standard InChI is InChI=1S/C17H18N4O3/c1-3-15(22)20-14-6-4-5-13(10-14)17(24)18-7-8-21-11-19-12(2)9-16(21)23/h3-6,9-11H,1,7-8H2,2H3,(H,18,24)(H,20,22). The van der Waals surface area contributed by atoms with Gasteiger partial charge in [0.05, 0.1) is 6.33 Å². The maximum Gasteiger partial charge on any atom is 0.253 e. The van der Waals surface area contributed by atoms with Gasteiger partial charge in [0.1, 0.15) is 0 Å². The van der Waals surface area contributed by atoms with Gasteiger partial charge in [-0.2, -0.15) is 0 Å². The molecule has 2 rings (SSSR count). The van der Waals surface area contributed by atoms with Crippen molar-refractivity contribution in [1.29, 1.82) is 0 Å². The van der Waals surface area contributed by atoms with Gasteiger partial charge in [-0.25, -0.2) is 4.98 Å². The van der Waals surface area contributed by atoms with Crippen LogP contribution in [-0.4, -0.2) is 27.9 Å². The molecule has 1 heterocycles. The third kappa shape index (κ3) is 4.64. The van der Waals surface area contributed by atoms with Gasteiger partial charge >= 0.3 is 0 Å². The number of aromatic nitrogens is 2. The minimum Gasteiger partial charge on any atom is -0.350 e. The summed E-state index contributed by atoms with van der Waals surface area (Å²) in [5.74, 6) is -0.642. The Morgan fingerprint density at radius 3 is 2.83 bits per heavy atom. The lowest BCUT2D eigenvalue weighted by Gasteiger charge is -2.09. The van der Waals surface area contributed by atoms with Gasteiger partial charge in [0.2, 0.25) is 5.91 Å². The first-order valence-corrected chi connectivity index (χ1v) is 7.34. The van der Waals surface area contributed by atoms with E-state index < -0.39 is 0 Å². The van der Waals surface area contributed by atoms with Crippen molar-refractivity contribution >= 4 is 17.5 Å². The van der Waals surface area contributed by atoms with E-state index in [0.717, 1.165) is 6.08 Å². The first-order valence-electron chi connectivity index (χ1n) is 7.34. The summed E-state index contributed by atoms with van der Waals surface area (Å²) in [7, 11) is 0. The Kier molecular flexibility index (Phi) is 5.62. The number of hydrogen-bond acceptors (Lipinski definition) is 4. The van der Waals surface area contributed by atoms with Gasteiger partial charge in [-0.05, 0) is 31.2 Å². The predicted molar refractivity (Wildman–Crippen MR) is 90.8 cm³/mol. The first-order chi connectivity index (χ1) is 11.5. The van der Waals surface area contributed by atoms with E-state index in [0.29, 0.717) is 23.5 Å². The van der Waals surface area contributed by atoms with E-state index in [1.807, 2.05) is 0 Å². The second kappa shape index (κ2) is 7.87. The average molecular weight is 326 g/mol. The molecule has 2 amide bonds. The van der Waals surface area contributed by atoms with Crippen molar-refractivity contribution in [2.75, 3.05) is 11.9 Å². The topological polar surface area (TPSA) is 93.1 Å². The molecule has 2 N–H and O–H groups in total. The Hall–Kier alpha value is -3.22. The van der Waals surface area contributed by atoms with Gasteiger partial charge in [-0.1, -0.05) is 12.6 Å². The fourth-order valence-corrected chi connectivity index (χ4v) is 2.01. The molecule has 124 valence electrons. The summed E-state index contributed by atoms with van der Waals surface area (Å²) in [6, 6.07) is 7.99. The van der Waals surface area contributed by atoms with Crippen molar-refractivity contribution in [2.24, 2.45) is 0 Å². The zero-order valence-electron chi connectivity index (χ0n) is 13.3. The van der Waals surface area contributed by atoms with Gasteiger partial charge in [-0.3, -0.25) is 19.0 Å². The van der Waals surface area contributed by atoms with Crippen LogP contribution in [0.25, 0.3) is 0 Å². The number of benzene rings is 1. The highest BCUT2D eigenvalue weighted by Gasteiger charge is 2.07. The first kappa shape index (κ1) is 17.1. The maximum atomic E-state index is 12.1. The highest BCUT2D eigenvalue weighted by atomic mass is 16.2. The largest absolute Gasteiger partial charge is 0.350 e. The number of carbonyl (C=O) groups excluding carboxylic acids is 2. The molecule has 0 saturated carbocycles. The number of anilines is 1. The molecule has 1 aromatic heterocycles. The zero-order chi connectivity index (χ0) is 17.5. The summed E-state index contributed by atoms with van der Waals surface area (Å²) in [6.45, 7) is 5.72. The minimum atomic E-state index is -0.348. The molecule has 0 unspecified atom stereocenters. The van der Waals surface area contributed by atoms with Crippen molar-refractivity contribution in [3.05, 3.63) is 70.9 Å². The number of nitrogens with zero attached hydrogens (tertiary/aromatic N) is 2. The van der Waals surface area contributed by atoms with Crippen LogP contribution in [0.5, 0.6) is 0 Å². The van der Waals surface area contributed by atoms with Gasteiger partial charge in [0.25, 0.3) is 11.5 Å². The van der Waals surface area contributed by atoms with E-state index in [1.54, 1.807) is 31.2 Å². The van der Waals surface area contributed by atoms with E-state index in [9.17, 15) is 14.4 Å². The smallest absolute Gasteiger partial charge is 0.253 e. The molecule has 7 nitrogen and oxygen atoms in total. The van der Waals surface area contributed by atoms with E-state index in [4.69, 9.17) is 0 Å². The van der Waals surface area contributed by atoms with Crippen LogP contribution in [0, 0.1) is 6.92 Å². The second-order valence-electron chi connectivity index (χ2n) is 5.09. The van der Waals surface area contributed by atoms with Crippen LogP contribution in [0.4, 0.5) is 5.69 Å². The lowest BCUT2D eigenvalue weighted by atomic mass is 10.2. The summed E-state index contributed by atoms with van der Waals surface area (Å²) in [6.07, 6.45) is 2.61. The molecule has 0 bridgehead atoms. The highest BCUT2D eigenvalue weighted by Crippen LogP contribution is 2.10. The van der Waals surface area contributed by atoms with E-state index in [-0.39, 0.29) is 23.9 Å². The fraction of sp³-hybridized carbons (Fsp3) is 0.176. The Morgan fingerprint density at radius 1 is 1.33 bits per heavy atom. The van der Waals surface area contributed by atoms with Crippen molar-refractivity contribution in [3.8, 4) is 0 Å². The van der Waals surface area contributed by atoms with Crippen LogP contribution in [0.2, 0.25) is 0 Å². The van der Waals surface area contributed by atoms with E-state index in [2.05, 4.69) is 22.2 Å². The van der Waals surface area contributed by atoms with Gasteiger partial charge in [0, 0.05) is 36.1 Å². The second-order valence-corrected chi connectivity index (χ2v) is 5.09. The normalized spacial score (nSPS) is 10.0. The molecule has 2 aromatic rings. The van der Waals surface area contributed by atoms with E-state index >= 15 is 0 Å². The predicted octanol–water partition coefficient (Wildman–Crippen LogP) is 1.11. The molecule has 0 radical (unpaired) electrons. The molecule has 0 aliphatic rings. The number of carbonyl (C=O) groups is 2. The average Bonchev–Trinajstić information content (AvgIpc) is 2.56. The summed E-state index contributed by atoms with van der Waals surface area (Å²) >= 11 is 0. The maximum absolute atomic E-state index is 12.1. The number of rotatable bonds is 6. The molecular formula is C17H18N4O3. The zero-order valence-corrected chi connectivity index (χ0v) is 13.3. The van der Waals surface area contributed by atoms with Crippen LogP contribution in [-0.2, 0) is 11.3 Å². The molecule has 0 atom stereocenters.